The lowest BCUT2D eigenvalue weighted by Crippen LogP contribution is -2.40. The van der Waals surface area contributed by atoms with Crippen molar-refractivity contribution in [3.8, 4) is 5.75 Å². The molecule has 180 valence electrons. The summed E-state index contributed by atoms with van der Waals surface area (Å²) in [6.45, 7) is 10.7. The second-order valence-electron chi connectivity index (χ2n) is 9.85. The number of rotatable bonds is 5. The standard InChI is InChI=1S/C27H32N2O5/c1-17-7-6-8-19(13-17)16-32-21-9-10-23-22(14-21)24(18(2)33-23)25(30)28-20-11-12-29(15-20)26(31)34-27(3,4)5/h6-10,13-14,20H,11-12,15-16H2,1-5H3,(H,28,30)/t20-/m0/s1. The summed E-state index contributed by atoms with van der Waals surface area (Å²) in [6, 6.07) is 13.5. The maximum Gasteiger partial charge on any atom is 0.410 e. The summed E-state index contributed by atoms with van der Waals surface area (Å²) in [5.41, 5.74) is 2.83. The fraction of sp³-hybridized carbons (Fsp3) is 0.407. The number of hydrogen-bond donors (Lipinski definition) is 1. The Labute approximate surface area is 200 Å². The highest BCUT2D eigenvalue weighted by Crippen LogP contribution is 2.30. The van der Waals surface area contributed by atoms with Crippen molar-refractivity contribution in [1.29, 1.82) is 0 Å². The summed E-state index contributed by atoms with van der Waals surface area (Å²) in [6.07, 6.45) is 0.314. The van der Waals surface area contributed by atoms with Gasteiger partial charge >= 0.3 is 6.09 Å². The zero-order valence-corrected chi connectivity index (χ0v) is 20.4. The van der Waals surface area contributed by atoms with Gasteiger partial charge in [-0.05, 0) is 64.8 Å². The molecule has 1 N–H and O–H groups in total. The van der Waals surface area contributed by atoms with Gasteiger partial charge in [-0.2, -0.15) is 0 Å². The first-order valence-electron chi connectivity index (χ1n) is 11.6. The average molecular weight is 465 g/mol. The van der Waals surface area contributed by atoms with Crippen molar-refractivity contribution in [2.75, 3.05) is 13.1 Å². The minimum absolute atomic E-state index is 0.148. The topological polar surface area (TPSA) is 81.0 Å². The molecule has 2 aromatic carbocycles. The van der Waals surface area contributed by atoms with Crippen LogP contribution in [-0.4, -0.2) is 41.6 Å². The number of aryl methyl sites for hydroxylation is 2. The van der Waals surface area contributed by atoms with Crippen molar-refractivity contribution in [3.05, 3.63) is 64.9 Å². The molecule has 0 aliphatic carbocycles. The number of furan rings is 1. The molecular formula is C27H32N2O5. The fourth-order valence-electron chi connectivity index (χ4n) is 4.17. The zero-order valence-electron chi connectivity index (χ0n) is 20.4. The van der Waals surface area contributed by atoms with Gasteiger partial charge in [0.25, 0.3) is 5.91 Å². The predicted octanol–water partition coefficient (Wildman–Crippen LogP) is 5.37. The van der Waals surface area contributed by atoms with Crippen LogP contribution >= 0.6 is 0 Å². The Kier molecular flexibility index (Phi) is 6.55. The molecule has 3 aromatic rings. The second-order valence-corrected chi connectivity index (χ2v) is 9.85. The van der Waals surface area contributed by atoms with Gasteiger partial charge in [0.1, 0.15) is 29.3 Å². The normalized spacial score (nSPS) is 16.0. The van der Waals surface area contributed by atoms with Crippen molar-refractivity contribution in [1.82, 2.24) is 10.2 Å². The third kappa shape index (κ3) is 5.53. The van der Waals surface area contributed by atoms with Crippen LogP contribution in [0.3, 0.4) is 0 Å². The van der Waals surface area contributed by atoms with Gasteiger partial charge in [-0.3, -0.25) is 4.79 Å². The van der Waals surface area contributed by atoms with Gasteiger partial charge in [-0.1, -0.05) is 29.8 Å². The van der Waals surface area contributed by atoms with E-state index in [4.69, 9.17) is 13.9 Å². The quantitative estimate of drug-likeness (QED) is 0.549. The maximum absolute atomic E-state index is 13.2. The summed E-state index contributed by atoms with van der Waals surface area (Å²) in [7, 11) is 0. The minimum atomic E-state index is -0.551. The lowest BCUT2D eigenvalue weighted by atomic mass is 10.1. The number of amides is 2. The molecule has 7 nitrogen and oxygen atoms in total. The van der Waals surface area contributed by atoms with Gasteiger partial charge in [0.2, 0.25) is 0 Å². The summed E-state index contributed by atoms with van der Waals surface area (Å²) in [5.74, 6) is 0.995. The van der Waals surface area contributed by atoms with Crippen LogP contribution in [0.4, 0.5) is 4.79 Å². The molecular weight excluding hydrogens is 432 g/mol. The molecule has 0 radical (unpaired) electrons. The highest BCUT2D eigenvalue weighted by molar-refractivity contribution is 6.07. The second kappa shape index (κ2) is 9.41. The molecule has 1 fully saturated rings. The van der Waals surface area contributed by atoms with Crippen LogP contribution in [0.1, 0.15) is 54.4 Å². The number of nitrogens with zero attached hydrogens (tertiary/aromatic N) is 1. The number of benzene rings is 2. The van der Waals surface area contributed by atoms with Gasteiger partial charge in [0.15, 0.2) is 0 Å². The van der Waals surface area contributed by atoms with Gasteiger partial charge in [0.05, 0.1) is 5.56 Å². The predicted molar refractivity (Wildman–Crippen MR) is 130 cm³/mol. The Morgan fingerprint density at radius 1 is 1.15 bits per heavy atom. The molecule has 1 aliphatic rings. The van der Waals surface area contributed by atoms with Crippen LogP contribution < -0.4 is 10.1 Å². The summed E-state index contributed by atoms with van der Waals surface area (Å²) >= 11 is 0. The van der Waals surface area contributed by atoms with Crippen LogP contribution in [0.5, 0.6) is 5.75 Å². The summed E-state index contributed by atoms with van der Waals surface area (Å²) in [4.78, 5) is 27.1. The number of nitrogens with one attached hydrogen (secondary N) is 1. The fourth-order valence-corrected chi connectivity index (χ4v) is 4.17. The van der Waals surface area contributed by atoms with E-state index in [1.165, 1.54) is 5.56 Å². The Balaban J connectivity index is 1.44. The first kappa shape index (κ1) is 23.7. The molecule has 1 aliphatic heterocycles. The van der Waals surface area contributed by atoms with Crippen LogP contribution in [0, 0.1) is 13.8 Å². The number of fused-ring (bicyclic) bond motifs is 1. The molecule has 7 heteroatoms. The Hall–Kier alpha value is -3.48. The van der Waals surface area contributed by atoms with Crippen molar-refractivity contribution in [2.24, 2.45) is 0 Å². The van der Waals surface area contributed by atoms with Gasteiger partial charge in [-0.15, -0.1) is 0 Å². The number of carbonyl (C=O) groups excluding carboxylic acids is 2. The van der Waals surface area contributed by atoms with Crippen molar-refractivity contribution in [2.45, 2.75) is 59.3 Å². The Morgan fingerprint density at radius 3 is 2.68 bits per heavy atom. The molecule has 4 rings (SSSR count). The van der Waals surface area contributed by atoms with E-state index in [2.05, 4.69) is 11.4 Å². The molecule has 34 heavy (non-hydrogen) atoms. The molecule has 1 aromatic heterocycles. The lowest BCUT2D eigenvalue weighted by molar-refractivity contribution is 0.0290. The SMILES string of the molecule is Cc1cccc(COc2ccc3oc(C)c(C(=O)N[C@H]4CCN(C(=O)OC(C)(C)C)C4)c3c2)c1. The number of carbonyl (C=O) groups is 2. The van der Waals surface area contributed by atoms with E-state index in [9.17, 15) is 9.59 Å². The molecule has 2 amide bonds. The van der Waals surface area contributed by atoms with E-state index >= 15 is 0 Å². The molecule has 2 heterocycles. The smallest absolute Gasteiger partial charge is 0.410 e. The highest BCUT2D eigenvalue weighted by Gasteiger charge is 2.31. The molecule has 0 bridgehead atoms. The highest BCUT2D eigenvalue weighted by atomic mass is 16.6. The molecule has 0 saturated carbocycles. The number of ether oxygens (including phenoxy) is 2. The van der Waals surface area contributed by atoms with Gasteiger partial charge in [-0.25, -0.2) is 4.79 Å². The third-order valence-electron chi connectivity index (χ3n) is 5.73. The van der Waals surface area contributed by atoms with Crippen LogP contribution in [-0.2, 0) is 11.3 Å². The van der Waals surface area contributed by atoms with Crippen molar-refractivity contribution < 1.29 is 23.5 Å². The Bertz CT molecular complexity index is 1210. The zero-order chi connectivity index (χ0) is 24.5. The average Bonchev–Trinajstić information content (AvgIpc) is 3.34. The minimum Gasteiger partial charge on any atom is -0.489 e. The largest absolute Gasteiger partial charge is 0.489 e. The molecule has 1 atom stereocenters. The van der Waals surface area contributed by atoms with Crippen LogP contribution in [0.15, 0.2) is 46.9 Å². The van der Waals surface area contributed by atoms with Crippen LogP contribution in [0.25, 0.3) is 11.0 Å². The van der Waals surface area contributed by atoms with Crippen molar-refractivity contribution >= 4 is 23.0 Å². The third-order valence-corrected chi connectivity index (χ3v) is 5.73. The molecule has 0 unspecified atom stereocenters. The molecule has 1 saturated heterocycles. The number of likely N-dealkylation sites (tertiary alicyclic amines) is 1. The first-order chi connectivity index (χ1) is 16.1. The van der Waals surface area contributed by atoms with Crippen molar-refractivity contribution in [3.63, 3.8) is 0 Å². The first-order valence-corrected chi connectivity index (χ1v) is 11.6. The molecule has 0 spiro atoms. The monoisotopic (exact) mass is 464 g/mol. The maximum atomic E-state index is 13.2. The van der Waals surface area contributed by atoms with E-state index in [1.807, 2.05) is 64.1 Å². The van der Waals surface area contributed by atoms with Gasteiger partial charge in [0, 0.05) is 24.5 Å². The van der Waals surface area contributed by atoms with E-state index in [-0.39, 0.29) is 18.0 Å². The van der Waals surface area contributed by atoms with E-state index < -0.39 is 5.60 Å². The van der Waals surface area contributed by atoms with Gasteiger partial charge < -0.3 is 24.1 Å². The summed E-state index contributed by atoms with van der Waals surface area (Å²) < 4.78 is 17.3. The number of hydrogen-bond acceptors (Lipinski definition) is 5. The van der Waals surface area contributed by atoms with Crippen LogP contribution in [0.2, 0.25) is 0 Å². The Morgan fingerprint density at radius 2 is 1.94 bits per heavy atom. The van der Waals surface area contributed by atoms with E-state index in [0.29, 0.717) is 54.2 Å². The van der Waals surface area contributed by atoms with E-state index in [0.717, 1.165) is 5.56 Å². The van der Waals surface area contributed by atoms with E-state index in [1.54, 1.807) is 11.8 Å². The summed E-state index contributed by atoms with van der Waals surface area (Å²) in [5, 5.41) is 3.76. The lowest BCUT2D eigenvalue weighted by Gasteiger charge is -2.24.